The summed E-state index contributed by atoms with van der Waals surface area (Å²) < 4.78 is 0. The Kier molecular flexibility index (Phi) is 9.68. The molecule has 0 unspecified atom stereocenters. The van der Waals surface area contributed by atoms with Crippen LogP contribution in [0.25, 0.3) is 77.5 Å². The summed E-state index contributed by atoms with van der Waals surface area (Å²) >= 11 is 0. The zero-order valence-corrected chi connectivity index (χ0v) is 32.6. The van der Waals surface area contributed by atoms with Gasteiger partial charge in [0.25, 0.3) is 0 Å². The molecule has 0 amide bonds. The maximum atomic E-state index is 2.36. The summed E-state index contributed by atoms with van der Waals surface area (Å²) in [7, 11) is 0. The van der Waals surface area contributed by atoms with Crippen molar-refractivity contribution in [2.75, 3.05) is 4.90 Å². The summed E-state index contributed by atoms with van der Waals surface area (Å²) in [5, 5.41) is 2.51. The molecule has 1 nitrogen and oxygen atoms in total. The van der Waals surface area contributed by atoms with E-state index in [-0.39, 0.29) is 0 Å². The molecular weight excluding hydrogens is 711 g/mol. The number of rotatable bonds is 9. The first-order valence-electron chi connectivity index (χ1n) is 20.2. The Morgan fingerprint density at radius 1 is 0.203 bits per heavy atom. The highest BCUT2D eigenvalue weighted by molar-refractivity contribution is 5.98. The molecule has 0 spiro atoms. The van der Waals surface area contributed by atoms with Crippen molar-refractivity contribution in [3.8, 4) is 66.8 Å². The summed E-state index contributed by atoms with van der Waals surface area (Å²) in [6.07, 6.45) is 0. The van der Waals surface area contributed by atoms with Gasteiger partial charge in [0, 0.05) is 17.1 Å². The first-order chi connectivity index (χ1) is 29.2. The second-order valence-electron chi connectivity index (χ2n) is 14.9. The molecule has 0 saturated carbocycles. The molecule has 0 aromatic heterocycles. The van der Waals surface area contributed by atoms with Gasteiger partial charge in [-0.05, 0) is 132 Å². The molecule has 1 heteroatoms. The van der Waals surface area contributed by atoms with Crippen LogP contribution in [0.4, 0.5) is 17.1 Å². The lowest BCUT2D eigenvalue weighted by Gasteiger charge is -2.26. The van der Waals surface area contributed by atoms with Crippen molar-refractivity contribution in [1.82, 2.24) is 0 Å². The lowest BCUT2D eigenvalue weighted by molar-refractivity contribution is 1.28. The predicted molar refractivity (Wildman–Crippen MR) is 251 cm³/mol. The van der Waals surface area contributed by atoms with E-state index in [0.29, 0.717) is 0 Å². The Morgan fingerprint density at radius 2 is 0.559 bits per heavy atom. The molecule has 10 aromatic carbocycles. The number of hydrogen-bond donors (Lipinski definition) is 0. The largest absolute Gasteiger partial charge is 0.311 e. The predicted octanol–water partition coefficient (Wildman–Crippen LogP) is 16.3. The third kappa shape index (κ3) is 7.34. The van der Waals surface area contributed by atoms with Gasteiger partial charge in [-0.2, -0.15) is 0 Å². The quantitative estimate of drug-likeness (QED) is 0.142. The van der Waals surface area contributed by atoms with Gasteiger partial charge >= 0.3 is 0 Å². The first kappa shape index (κ1) is 35.7. The molecule has 0 bridgehead atoms. The van der Waals surface area contributed by atoms with Gasteiger partial charge in [-0.25, -0.2) is 0 Å². The Bertz CT molecular complexity index is 2910. The number of nitrogens with zero attached hydrogens (tertiary/aromatic N) is 1. The van der Waals surface area contributed by atoms with Gasteiger partial charge in [0.2, 0.25) is 0 Å². The number of hydrogen-bond acceptors (Lipinski definition) is 1. The minimum absolute atomic E-state index is 1.11. The molecule has 59 heavy (non-hydrogen) atoms. The third-order valence-corrected chi connectivity index (χ3v) is 11.3. The molecule has 0 aliphatic carbocycles. The maximum Gasteiger partial charge on any atom is 0.0462 e. The number of fused-ring (bicyclic) bond motifs is 1. The molecule has 0 saturated heterocycles. The van der Waals surface area contributed by atoms with E-state index in [0.717, 1.165) is 17.1 Å². The Labute approximate surface area is 346 Å². The summed E-state index contributed by atoms with van der Waals surface area (Å²) in [4.78, 5) is 2.33. The molecule has 0 aliphatic heterocycles. The Hall–Kier alpha value is -7.74. The van der Waals surface area contributed by atoms with E-state index in [1.807, 2.05) is 0 Å². The van der Waals surface area contributed by atoms with Crippen molar-refractivity contribution in [3.63, 3.8) is 0 Å². The zero-order valence-electron chi connectivity index (χ0n) is 32.6. The van der Waals surface area contributed by atoms with Gasteiger partial charge in [0.1, 0.15) is 0 Å². The van der Waals surface area contributed by atoms with Gasteiger partial charge in [-0.15, -0.1) is 0 Å². The highest BCUT2D eigenvalue weighted by Crippen LogP contribution is 2.44. The molecular formula is C58H41N. The molecule has 0 fully saturated rings. The van der Waals surface area contributed by atoms with Gasteiger partial charge in [-0.1, -0.05) is 194 Å². The lowest BCUT2D eigenvalue weighted by Crippen LogP contribution is -2.09. The van der Waals surface area contributed by atoms with Crippen LogP contribution in [0.2, 0.25) is 0 Å². The molecule has 0 N–H and O–H groups in total. The van der Waals surface area contributed by atoms with Crippen LogP contribution >= 0.6 is 0 Å². The molecule has 0 heterocycles. The SMILES string of the molecule is c1ccc(-c2cc(-c3ccccc3)c(-c3ccc(-c4ccc(N(c5ccccc5)c5ccc(-c6ccc7ccccc7c6)cc5)cc4)cc3)c(-c3ccccc3)c2)cc1. The standard InChI is InChI=1S/C58H41N/c1-5-15-42(16-6-1)52-40-56(47-18-7-2-8-19-47)58(57(41-52)48-20-9-3-10-21-48)49-28-25-44(26-29-49)45-31-35-54(36-32-45)59(53-23-11-4-12-24-53)55-37-33-46(34-38-55)51-30-27-43-17-13-14-22-50(43)39-51/h1-41H. The highest BCUT2D eigenvalue weighted by atomic mass is 15.1. The fourth-order valence-electron chi connectivity index (χ4n) is 8.27. The summed E-state index contributed by atoms with van der Waals surface area (Å²) in [5.74, 6) is 0. The minimum Gasteiger partial charge on any atom is -0.311 e. The van der Waals surface area contributed by atoms with Crippen molar-refractivity contribution in [3.05, 3.63) is 249 Å². The van der Waals surface area contributed by atoms with Crippen LogP contribution in [-0.2, 0) is 0 Å². The average molecular weight is 752 g/mol. The molecule has 0 radical (unpaired) electrons. The lowest BCUT2D eigenvalue weighted by atomic mass is 9.84. The highest BCUT2D eigenvalue weighted by Gasteiger charge is 2.18. The minimum atomic E-state index is 1.11. The normalized spacial score (nSPS) is 11.1. The molecule has 10 rings (SSSR count). The molecule has 10 aromatic rings. The first-order valence-corrected chi connectivity index (χ1v) is 20.2. The van der Waals surface area contributed by atoms with Crippen molar-refractivity contribution in [1.29, 1.82) is 0 Å². The van der Waals surface area contributed by atoms with Gasteiger partial charge < -0.3 is 4.90 Å². The number of anilines is 3. The number of para-hydroxylation sites is 1. The van der Waals surface area contributed by atoms with Crippen molar-refractivity contribution in [2.24, 2.45) is 0 Å². The van der Waals surface area contributed by atoms with E-state index in [1.54, 1.807) is 0 Å². The van der Waals surface area contributed by atoms with Gasteiger partial charge in [-0.3, -0.25) is 0 Å². The van der Waals surface area contributed by atoms with Crippen LogP contribution in [0.1, 0.15) is 0 Å². The van der Waals surface area contributed by atoms with Crippen LogP contribution < -0.4 is 4.90 Å². The van der Waals surface area contributed by atoms with Crippen molar-refractivity contribution >= 4 is 27.8 Å². The van der Waals surface area contributed by atoms with Crippen LogP contribution in [0, 0.1) is 0 Å². The van der Waals surface area contributed by atoms with E-state index < -0.39 is 0 Å². The van der Waals surface area contributed by atoms with E-state index in [1.165, 1.54) is 77.5 Å². The molecule has 0 atom stereocenters. The monoisotopic (exact) mass is 751 g/mol. The second-order valence-corrected chi connectivity index (χ2v) is 14.9. The average Bonchev–Trinajstić information content (AvgIpc) is 3.33. The molecule has 0 aliphatic rings. The maximum absolute atomic E-state index is 2.36. The second kappa shape index (κ2) is 16.0. The topological polar surface area (TPSA) is 3.24 Å². The van der Waals surface area contributed by atoms with Crippen LogP contribution in [0.15, 0.2) is 249 Å². The van der Waals surface area contributed by atoms with Crippen LogP contribution in [0.5, 0.6) is 0 Å². The third-order valence-electron chi connectivity index (χ3n) is 11.3. The van der Waals surface area contributed by atoms with E-state index in [9.17, 15) is 0 Å². The van der Waals surface area contributed by atoms with E-state index in [2.05, 4.69) is 254 Å². The fourth-order valence-corrected chi connectivity index (χ4v) is 8.27. The Balaban J connectivity index is 0.997. The smallest absolute Gasteiger partial charge is 0.0462 e. The fraction of sp³-hybridized carbons (Fsp3) is 0. The zero-order chi connectivity index (χ0) is 39.4. The van der Waals surface area contributed by atoms with E-state index >= 15 is 0 Å². The molecule has 278 valence electrons. The number of benzene rings is 10. The van der Waals surface area contributed by atoms with Gasteiger partial charge in [0.05, 0.1) is 0 Å². The Morgan fingerprint density at radius 3 is 1.08 bits per heavy atom. The van der Waals surface area contributed by atoms with Crippen LogP contribution in [0.3, 0.4) is 0 Å². The van der Waals surface area contributed by atoms with Crippen LogP contribution in [-0.4, -0.2) is 0 Å². The summed E-state index contributed by atoms with van der Waals surface area (Å²) in [6.45, 7) is 0. The van der Waals surface area contributed by atoms with E-state index in [4.69, 9.17) is 0 Å². The summed E-state index contributed by atoms with van der Waals surface area (Å²) in [6, 6.07) is 89.8. The van der Waals surface area contributed by atoms with Gasteiger partial charge in [0.15, 0.2) is 0 Å². The van der Waals surface area contributed by atoms with Crippen molar-refractivity contribution in [2.45, 2.75) is 0 Å². The van der Waals surface area contributed by atoms with Crippen molar-refractivity contribution < 1.29 is 0 Å². The summed E-state index contributed by atoms with van der Waals surface area (Å²) in [5.41, 5.74) is 17.7.